The van der Waals surface area contributed by atoms with Crippen molar-refractivity contribution in [3.63, 3.8) is 0 Å². The summed E-state index contributed by atoms with van der Waals surface area (Å²) >= 11 is 0. The van der Waals surface area contributed by atoms with Gasteiger partial charge in [-0.15, -0.1) is 0 Å². The molecule has 0 aliphatic carbocycles. The van der Waals surface area contributed by atoms with Crippen molar-refractivity contribution in [1.29, 1.82) is 5.26 Å². The topological polar surface area (TPSA) is 77.5 Å². The Morgan fingerprint density at radius 1 is 1.33 bits per heavy atom. The predicted octanol–water partition coefficient (Wildman–Crippen LogP) is 2.63. The van der Waals surface area contributed by atoms with Crippen LogP contribution in [0, 0.1) is 16.7 Å². The minimum Gasteiger partial charge on any atom is -0.493 e. The number of fused-ring (bicyclic) bond motifs is 1. The van der Waals surface area contributed by atoms with Gasteiger partial charge in [0.25, 0.3) is 0 Å². The van der Waals surface area contributed by atoms with Gasteiger partial charge in [-0.25, -0.2) is 0 Å². The molecular weight excluding hydrogens is 268 g/mol. The van der Waals surface area contributed by atoms with Crippen molar-refractivity contribution in [1.82, 2.24) is 0 Å². The van der Waals surface area contributed by atoms with Gasteiger partial charge in [0.1, 0.15) is 5.75 Å². The van der Waals surface area contributed by atoms with Gasteiger partial charge in [0.15, 0.2) is 11.5 Å². The summed E-state index contributed by atoms with van der Waals surface area (Å²) in [5, 5.41) is 9.00. The average molecular weight is 290 g/mol. The summed E-state index contributed by atoms with van der Waals surface area (Å²) in [5.74, 6) is 2.25. The van der Waals surface area contributed by atoms with E-state index in [0.29, 0.717) is 18.9 Å². The van der Waals surface area contributed by atoms with E-state index in [4.69, 9.17) is 25.2 Å². The first-order chi connectivity index (χ1) is 10.1. The molecule has 1 aromatic rings. The van der Waals surface area contributed by atoms with Crippen LogP contribution >= 0.6 is 0 Å². The lowest BCUT2D eigenvalue weighted by atomic mass is 9.90. The monoisotopic (exact) mass is 290 g/mol. The molecule has 0 aromatic heterocycles. The first-order valence-corrected chi connectivity index (χ1v) is 7.22. The van der Waals surface area contributed by atoms with E-state index in [0.717, 1.165) is 36.3 Å². The number of rotatable bonds is 7. The normalized spacial score (nSPS) is 13.0. The largest absolute Gasteiger partial charge is 0.493 e. The van der Waals surface area contributed by atoms with Crippen LogP contribution in [0.3, 0.4) is 0 Å². The van der Waals surface area contributed by atoms with E-state index >= 15 is 0 Å². The number of hydrogen-bond acceptors (Lipinski definition) is 5. The van der Waals surface area contributed by atoms with E-state index in [9.17, 15) is 0 Å². The molecular formula is C16H22N2O3. The molecule has 0 saturated carbocycles. The maximum atomic E-state index is 9.00. The van der Waals surface area contributed by atoms with Crippen LogP contribution in [0.1, 0.15) is 32.3 Å². The fourth-order valence-corrected chi connectivity index (χ4v) is 2.20. The van der Waals surface area contributed by atoms with Gasteiger partial charge in [-0.05, 0) is 51.3 Å². The average Bonchev–Trinajstić information content (AvgIpc) is 2.91. The molecule has 2 rings (SSSR count). The van der Waals surface area contributed by atoms with Crippen molar-refractivity contribution in [2.45, 2.75) is 33.1 Å². The zero-order valence-corrected chi connectivity index (χ0v) is 12.6. The van der Waals surface area contributed by atoms with Crippen molar-refractivity contribution in [2.75, 3.05) is 19.9 Å². The third kappa shape index (κ3) is 4.02. The van der Waals surface area contributed by atoms with Gasteiger partial charge in [-0.2, -0.15) is 5.26 Å². The van der Waals surface area contributed by atoms with Gasteiger partial charge in [0.2, 0.25) is 6.79 Å². The summed E-state index contributed by atoms with van der Waals surface area (Å²) in [6.45, 7) is 5.25. The number of benzene rings is 1. The number of nitrogens with zero attached hydrogens (tertiary/aromatic N) is 1. The molecule has 0 amide bonds. The Hall–Kier alpha value is -1.93. The van der Waals surface area contributed by atoms with Crippen LogP contribution in [0.25, 0.3) is 0 Å². The molecule has 5 nitrogen and oxygen atoms in total. The molecule has 114 valence electrons. The molecule has 0 fully saturated rings. The molecule has 1 heterocycles. The molecule has 0 saturated heterocycles. The standard InChI is InChI=1S/C16H22N2O3/c1-16(2,10-18)5-3-7-19-13-9-15-14(20-11-21-15)8-12(13)4-6-17/h8-9H,3-7,11,17H2,1-2H3. The van der Waals surface area contributed by atoms with E-state index in [1.54, 1.807) is 0 Å². The highest BCUT2D eigenvalue weighted by molar-refractivity contribution is 5.52. The molecule has 0 spiro atoms. The van der Waals surface area contributed by atoms with E-state index in [2.05, 4.69) is 6.07 Å². The Labute approximate surface area is 125 Å². The molecule has 0 radical (unpaired) electrons. The quantitative estimate of drug-likeness (QED) is 0.781. The zero-order valence-electron chi connectivity index (χ0n) is 12.6. The summed E-state index contributed by atoms with van der Waals surface area (Å²) in [5.41, 5.74) is 6.36. The Balaban J connectivity index is 1.97. The van der Waals surface area contributed by atoms with Gasteiger partial charge in [-0.3, -0.25) is 0 Å². The minimum absolute atomic E-state index is 0.247. The molecule has 0 atom stereocenters. The van der Waals surface area contributed by atoms with Crippen LogP contribution in [0.2, 0.25) is 0 Å². The van der Waals surface area contributed by atoms with E-state index < -0.39 is 0 Å². The summed E-state index contributed by atoms with van der Waals surface area (Å²) in [7, 11) is 0. The Morgan fingerprint density at radius 3 is 2.71 bits per heavy atom. The third-order valence-corrected chi connectivity index (χ3v) is 3.48. The van der Waals surface area contributed by atoms with Gasteiger partial charge < -0.3 is 19.9 Å². The van der Waals surface area contributed by atoms with Gasteiger partial charge in [0, 0.05) is 6.07 Å². The molecule has 0 unspecified atom stereocenters. The van der Waals surface area contributed by atoms with E-state index in [-0.39, 0.29) is 12.2 Å². The third-order valence-electron chi connectivity index (χ3n) is 3.48. The Kier molecular flexibility index (Phi) is 4.92. The predicted molar refractivity (Wildman–Crippen MR) is 79.4 cm³/mol. The lowest BCUT2D eigenvalue weighted by molar-refractivity contribution is 0.173. The van der Waals surface area contributed by atoms with Crippen molar-refractivity contribution in [3.05, 3.63) is 17.7 Å². The van der Waals surface area contributed by atoms with Crippen molar-refractivity contribution in [3.8, 4) is 23.3 Å². The second-order valence-corrected chi connectivity index (χ2v) is 5.80. The van der Waals surface area contributed by atoms with Gasteiger partial charge >= 0.3 is 0 Å². The fourth-order valence-electron chi connectivity index (χ4n) is 2.20. The molecule has 1 aromatic carbocycles. The van der Waals surface area contributed by atoms with Crippen LogP contribution in [0.15, 0.2) is 12.1 Å². The van der Waals surface area contributed by atoms with Crippen molar-refractivity contribution in [2.24, 2.45) is 11.1 Å². The highest BCUT2D eigenvalue weighted by Gasteiger charge is 2.19. The molecule has 5 heteroatoms. The summed E-state index contributed by atoms with van der Waals surface area (Å²) < 4.78 is 16.6. The fraction of sp³-hybridized carbons (Fsp3) is 0.562. The van der Waals surface area contributed by atoms with Crippen LogP contribution in [0.4, 0.5) is 0 Å². The van der Waals surface area contributed by atoms with Crippen LogP contribution in [0.5, 0.6) is 17.2 Å². The van der Waals surface area contributed by atoms with Crippen molar-refractivity contribution < 1.29 is 14.2 Å². The molecule has 1 aliphatic heterocycles. The lowest BCUT2D eigenvalue weighted by Gasteiger charge is -2.16. The maximum Gasteiger partial charge on any atom is 0.231 e. The second kappa shape index (κ2) is 6.68. The molecule has 2 N–H and O–H groups in total. The summed E-state index contributed by atoms with van der Waals surface area (Å²) in [6.07, 6.45) is 2.37. The highest BCUT2D eigenvalue weighted by atomic mass is 16.7. The van der Waals surface area contributed by atoms with E-state index in [1.807, 2.05) is 26.0 Å². The number of nitrogens with two attached hydrogens (primary N) is 1. The molecule has 21 heavy (non-hydrogen) atoms. The van der Waals surface area contributed by atoms with Crippen LogP contribution < -0.4 is 19.9 Å². The number of nitriles is 1. The SMILES string of the molecule is CC(C)(C#N)CCCOc1cc2c(cc1CCN)OCO2. The zero-order chi connectivity index (χ0) is 15.3. The first kappa shape index (κ1) is 15.5. The maximum absolute atomic E-state index is 9.00. The Bertz CT molecular complexity index is 535. The lowest BCUT2D eigenvalue weighted by Crippen LogP contribution is -2.11. The number of ether oxygens (including phenoxy) is 3. The van der Waals surface area contributed by atoms with Crippen molar-refractivity contribution >= 4 is 0 Å². The van der Waals surface area contributed by atoms with Crippen LogP contribution in [-0.2, 0) is 6.42 Å². The van der Waals surface area contributed by atoms with Crippen LogP contribution in [-0.4, -0.2) is 19.9 Å². The molecule has 0 bridgehead atoms. The highest BCUT2D eigenvalue weighted by Crippen LogP contribution is 2.38. The number of hydrogen-bond donors (Lipinski definition) is 1. The summed E-state index contributed by atoms with van der Waals surface area (Å²) in [4.78, 5) is 0. The Morgan fingerprint density at radius 2 is 2.05 bits per heavy atom. The van der Waals surface area contributed by atoms with E-state index in [1.165, 1.54) is 0 Å². The smallest absolute Gasteiger partial charge is 0.231 e. The molecule has 1 aliphatic rings. The first-order valence-electron chi connectivity index (χ1n) is 7.22. The minimum atomic E-state index is -0.307. The summed E-state index contributed by atoms with van der Waals surface area (Å²) in [6, 6.07) is 6.10. The second-order valence-electron chi connectivity index (χ2n) is 5.80. The van der Waals surface area contributed by atoms with Gasteiger partial charge in [0.05, 0.1) is 18.1 Å². The van der Waals surface area contributed by atoms with Gasteiger partial charge in [-0.1, -0.05) is 0 Å².